The molecule has 2 saturated heterocycles. The Balaban J connectivity index is 0.000000307. The zero-order chi connectivity index (χ0) is 44.5. The highest BCUT2D eigenvalue weighted by Crippen LogP contribution is 2.32. The SMILES string of the molecule is C.CCO.CNc1ccc(Oc2ccnc(NC(=O)CN3CC(C)CC(C)C3)c2)cc1N.CNc1ccc(Oc2ccnc(NC(=O)CN3CC(C)CC(C)C3)c2)cc1[N+](=O)[O-]. The highest BCUT2D eigenvalue weighted by atomic mass is 16.6. The van der Waals surface area contributed by atoms with E-state index >= 15 is 0 Å². The number of nitro groups is 1. The van der Waals surface area contributed by atoms with Crippen molar-refractivity contribution in [3.05, 3.63) is 83.2 Å². The lowest BCUT2D eigenvalue weighted by Crippen LogP contribution is -2.42. The molecule has 2 fully saturated rings. The van der Waals surface area contributed by atoms with Gasteiger partial charge >= 0.3 is 0 Å². The fourth-order valence-corrected chi connectivity index (χ4v) is 7.74. The van der Waals surface area contributed by atoms with Gasteiger partial charge in [0.2, 0.25) is 11.8 Å². The number of hydrogen-bond acceptors (Lipinski definition) is 14. The largest absolute Gasteiger partial charge is 0.457 e. The molecule has 2 aromatic carbocycles. The average Bonchev–Trinajstić information content (AvgIpc) is 3.18. The Labute approximate surface area is 365 Å². The van der Waals surface area contributed by atoms with E-state index in [2.05, 4.69) is 68.7 Å². The molecular weight excluding hydrogens is 793 g/mol. The molecule has 2 amide bonds. The second-order valence-electron chi connectivity index (χ2n) is 15.8. The first-order chi connectivity index (χ1) is 29.2. The molecule has 2 aliphatic rings. The number of benzene rings is 2. The lowest BCUT2D eigenvalue weighted by atomic mass is 9.92. The Hall–Kier alpha value is -6.04. The number of nitrogens with zero attached hydrogens (tertiary/aromatic N) is 5. The van der Waals surface area contributed by atoms with Crippen molar-refractivity contribution in [2.24, 2.45) is 23.7 Å². The lowest BCUT2D eigenvalue weighted by molar-refractivity contribution is -0.384. The molecule has 62 heavy (non-hydrogen) atoms. The Kier molecular flexibility index (Phi) is 20.3. The number of piperidine rings is 2. The number of aliphatic hydroxyl groups excluding tert-OH is 1. The quantitative estimate of drug-likeness (QED) is 0.0429. The summed E-state index contributed by atoms with van der Waals surface area (Å²) in [5.41, 5.74) is 7.74. The number of aliphatic hydroxyl groups is 1. The number of ether oxygens (including phenoxy) is 2. The van der Waals surface area contributed by atoms with Crippen molar-refractivity contribution >= 4 is 46.2 Å². The minimum atomic E-state index is -0.473. The van der Waals surface area contributed by atoms with Crippen LogP contribution in [0.5, 0.6) is 23.0 Å². The van der Waals surface area contributed by atoms with Crippen LogP contribution in [-0.2, 0) is 9.59 Å². The molecule has 6 rings (SSSR count). The van der Waals surface area contributed by atoms with Crippen LogP contribution < -0.4 is 36.5 Å². The van der Waals surface area contributed by atoms with Crippen molar-refractivity contribution in [1.29, 1.82) is 0 Å². The van der Waals surface area contributed by atoms with Crippen LogP contribution in [0.25, 0.3) is 0 Å². The second-order valence-corrected chi connectivity index (χ2v) is 15.8. The summed E-state index contributed by atoms with van der Waals surface area (Å²) in [6.45, 7) is 15.2. The maximum atomic E-state index is 12.4. The number of likely N-dealkylation sites (tertiary alicyclic amines) is 2. The van der Waals surface area contributed by atoms with E-state index in [1.54, 1.807) is 62.6 Å². The van der Waals surface area contributed by atoms with Crippen LogP contribution in [0.4, 0.5) is 34.4 Å². The van der Waals surface area contributed by atoms with Crippen molar-refractivity contribution < 1.29 is 29.1 Å². The summed E-state index contributed by atoms with van der Waals surface area (Å²) in [7, 11) is 3.43. The van der Waals surface area contributed by atoms with Gasteiger partial charge in [-0.25, -0.2) is 9.97 Å². The number of nitro benzene ring substituents is 1. The minimum Gasteiger partial charge on any atom is -0.457 e. The highest BCUT2D eigenvalue weighted by Gasteiger charge is 2.25. The second kappa shape index (κ2) is 25.0. The molecule has 0 radical (unpaired) electrons. The molecular formula is C45H66N10O7. The lowest BCUT2D eigenvalue weighted by Gasteiger charge is -2.34. The van der Waals surface area contributed by atoms with Crippen LogP contribution >= 0.6 is 0 Å². The summed E-state index contributed by atoms with van der Waals surface area (Å²) in [5, 5.41) is 30.2. The summed E-state index contributed by atoms with van der Waals surface area (Å²) in [5.74, 6) is 5.00. The number of nitrogen functional groups attached to an aromatic ring is 1. The van der Waals surface area contributed by atoms with Crippen LogP contribution in [0.2, 0.25) is 0 Å². The van der Waals surface area contributed by atoms with Gasteiger partial charge in [-0.15, -0.1) is 0 Å². The van der Waals surface area contributed by atoms with Gasteiger partial charge < -0.3 is 41.6 Å². The number of anilines is 5. The van der Waals surface area contributed by atoms with Gasteiger partial charge in [0.15, 0.2) is 0 Å². The number of carbonyl (C=O) groups excluding carboxylic acids is 2. The minimum absolute atomic E-state index is 0. The van der Waals surface area contributed by atoms with Crippen molar-refractivity contribution in [2.75, 3.05) is 87.0 Å². The zero-order valence-corrected chi connectivity index (χ0v) is 36.3. The maximum absolute atomic E-state index is 12.4. The molecule has 2 aromatic heterocycles. The zero-order valence-electron chi connectivity index (χ0n) is 36.3. The normalized spacial score (nSPS) is 18.5. The molecule has 17 heteroatoms. The number of rotatable bonds is 13. The number of aromatic nitrogens is 2. The number of nitrogens with two attached hydrogens (primary N) is 1. The molecule has 4 unspecified atom stereocenters. The van der Waals surface area contributed by atoms with Crippen molar-refractivity contribution in [3.8, 4) is 23.0 Å². The van der Waals surface area contributed by atoms with E-state index < -0.39 is 4.92 Å². The Morgan fingerprint density at radius 3 is 1.50 bits per heavy atom. The van der Waals surface area contributed by atoms with Gasteiger partial charge in [0.25, 0.3) is 5.69 Å². The first-order valence-corrected chi connectivity index (χ1v) is 20.6. The molecule has 0 spiro atoms. The summed E-state index contributed by atoms with van der Waals surface area (Å²) in [4.78, 5) is 48.4. The smallest absolute Gasteiger partial charge is 0.296 e. The molecule has 0 saturated carbocycles. The van der Waals surface area contributed by atoms with Crippen molar-refractivity contribution in [3.63, 3.8) is 0 Å². The molecule has 4 atom stereocenters. The summed E-state index contributed by atoms with van der Waals surface area (Å²) < 4.78 is 11.6. The molecule has 7 N–H and O–H groups in total. The van der Waals surface area contributed by atoms with Gasteiger partial charge in [-0.05, 0) is 79.8 Å². The molecule has 4 heterocycles. The molecule has 0 bridgehead atoms. The van der Waals surface area contributed by atoms with Gasteiger partial charge in [0.1, 0.15) is 40.3 Å². The van der Waals surface area contributed by atoms with Crippen LogP contribution in [0.1, 0.15) is 54.9 Å². The fourth-order valence-electron chi connectivity index (χ4n) is 7.74. The van der Waals surface area contributed by atoms with Crippen LogP contribution in [0.3, 0.4) is 0 Å². The third kappa shape index (κ3) is 16.4. The van der Waals surface area contributed by atoms with Crippen molar-refractivity contribution in [2.45, 2.75) is 54.9 Å². The molecule has 338 valence electrons. The van der Waals surface area contributed by atoms with Gasteiger partial charge in [-0.3, -0.25) is 29.5 Å². The number of carbonyl (C=O) groups is 2. The van der Waals surface area contributed by atoms with Gasteiger partial charge in [-0.1, -0.05) is 35.1 Å². The molecule has 17 nitrogen and oxygen atoms in total. The topological polar surface area (TPSA) is 222 Å². The van der Waals surface area contributed by atoms with Gasteiger partial charge in [0.05, 0.1) is 35.5 Å². The van der Waals surface area contributed by atoms with Crippen LogP contribution in [0.15, 0.2) is 73.1 Å². The van der Waals surface area contributed by atoms with E-state index in [0.717, 1.165) is 31.9 Å². The average molecular weight is 859 g/mol. The summed E-state index contributed by atoms with van der Waals surface area (Å²) in [6, 6.07) is 16.7. The maximum Gasteiger partial charge on any atom is 0.296 e. The standard InChI is InChI=1S/C21H27N5O4.C21H29N5O2.C2H6O.CH4/c1-14-8-15(2)12-25(11-14)13-21(27)24-20-10-17(6-7-23-20)30-16-4-5-18(22-3)19(9-16)26(28)29;1-14-8-15(2)12-26(11-14)13-21(27)25-20-10-17(6-7-24-20)28-16-4-5-19(23-3)18(22)9-16;1-2-3;/h4-7,9-10,14-15,22H,8,11-13H2,1-3H3,(H,23,24,27);4-7,9-10,14-15,23H,8,11-13,22H2,1-3H3,(H,24,25,27);3H,2H2,1H3;1H4. The predicted molar refractivity (Wildman–Crippen MR) is 247 cm³/mol. The first-order valence-electron chi connectivity index (χ1n) is 20.6. The molecule has 0 aliphatic carbocycles. The van der Waals surface area contributed by atoms with E-state index in [1.807, 2.05) is 19.2 Å². The number of pyridine rings is 2. The van der Waals surface area contributed by atoms with E-state index in [1.165, 1.54) is 25.1 Å². The highest BCUT2D eigenvalue weighted by molar-refractivity contribution is 5.92. The molecule has 2 aliphatic heterocycles. The predicted octanol–water partition coefficient (Wildman–Crippen LogP) is 7.79. The van der Waals surface area contributed by atoms with Gasteiger partial charge in [0, 0.05) is 77.5 Å². The number of amides is 2. The van der Waals surface area contributed by atoms with E-state index in [9.17, 15) is 19.7 Å². The van der Waals surface area contributed by atoms with Crippen LogP contribution in [-0.4, -0.2) is 102 Å². The Morgan fingerprint density at radius 1 is 0.726 bits per heavy atom. The summed E-state index contributed by atoms with van der Waals surface area (Å²) in [6.07, 6.45) is 5.54. The molecule has 4 aromatic rings. The number of hydrogen-bond donors (Lipinski definition) is 6. The third-order valence-electron chi connectivity index (χ3n) is 9.82. The third-order valence-corrected chi connectivity index (χ3v) is 9.82. The Bertz CT molecular complexity index is 2030. The van der Waals surface area contributed by atoms with Crippen molar-refractivity contribution in [1.82, 2.24) is 19.8 Å². The monoisotopic (exact) mass is 859 g/mol. The fraction of sp³-hybridized carbons (Fsp3) is 0.467. The first kappa shape index (κ1) is 50.3. The van der Waals surface area contributed by atoms with Gasteiger partial charge in [-0.2, -0.15) is 0 Å². The summed E-state index contributed by atoms with van der Waals surface area (Å²) >= 11 is 0. The number of nitrogens with one attached hydrogen (secondary N) is 4. The van der Waals surface area contributed by atoms with E-state index in [-0.39, 0.29) is 31.5 Å². The van der Waals surface area contributed by atoms with Crippen LogP contribution in [0, 0.1) is 33.8 Å². The van der Waals surface area contributed by atoms with E-state index in [4.69, 9.17) is 20.3 Å². The Morgan fingerprint density at radius 2 is 1.11 bits per heavy atom. The van der Waals surface area contributed by atoms with E-state index in [0.29, 0.717) is 82.8 Å².